The normalized spacial score (nSPS) is 10.3. The summed E-state index contributed by atoms with van der Waals surface area (Å²) >= 11 is 0. The van der Waals surface area contributed by atoms with Gasteiger partial charge < -0.3 is 0 Å². The Hall–Kier alpha value is -1.05. The van der Waals surface area contributed by atoms with E-state index in [9.17, 15) is 0 Å². The van der Waals surface area contributed by atoms with Gasteiger partial charge in [0.2, 0.25) is 0 Å². The molecule has 0 N–H and O–H groups in total. The SMILES string of the molecule is CCCCN(CCCC)[n+]1ccccc1. The molecule has 0 saturated heterocycles. The molecule has 1 aromatic heterocycles. The molecule has 0 unspecified atom stereocenters. The van der Waals surface area contributed by atoms with Crippen LogP contribution in [0.4, 0.5) is 0 Å². The third kappa shape index (κ3) is 4.32. The van der Waals surface area contributed by atoms with Gasteiger partial charge in [-0.15, -0.1) is 0 Å². The van der Waals surface area contributed by atoms with E-state index in [4.69, 9.17) is 0 Å². The Bertz CT molecular complexity index is 238. The molecule has 0 bridgehead atoms. The second kappa shape index (κ2) is 7.27. The van der Waals surface area contributed by atoms with E-state index in [2.05, 4.69) is 54.1 Å². The Morgan fingerprint density at radius 2 is 1.40 bits per heavy atom. The van der Waals surface area contributed by atoms with Crippen LogP contribution < -0.4 is 9.69 Å². The summed E-state index contributed by atoms with van der Waals surface area (Å²) in [6.07, 6.45) is 9.32. The molecule has 0 aliphatic rings. The van der Waals surface area contributed by atoms with Crippen LogP contribution in [0.5, 0.6) is 0 Å². The zero-order valence-electron chi connectivity index (χ0n) is 10.0. The quantitative estimate of drug-likeness (QED) is 0.623. The van der Waals surface area contributed by atoms with Crippen molar-refractivity contribution < 1.29 is 4.68 Å². The summed E-state index contributed by atoms with van der Waals surface area (Å²) in [7, 11) is 0. The summed E-state index contributed by atoms with van der Waals surface area (Å²) < 4.78 is 2.21. The maximum atomic E-state index is 2.42. The van der Waals surface area contributed by atoms with Crippen LogP contribution >= 0.6 is 0 Å². The molecule has 0 aromatic carbocycles. The highest BCUT2D eigenvalue weighted by molar-refractivity contribution is 4.85. The van der Waals surface area contributed by atoms with Crippen LogP contribution in [-0.2, 0) is 0 Å². The van der Waals surface area contributed by atoms with Gasteiger partial charge in [-0.05, 0) is 12.8 Å². The van der Waals surface area contributed by atoms with Gasteiger partial charge in [-0.1, -0.05) is 37.4 Å². The van der Waals surface area contributed by atoms with Crippen molar-refractivity contribution in [3.63, 3.8) is 0 Å². The molecule has 1 rings (SSSR count). The van der Waals surface area contributed by atoms with E-state index in [0.717, 1.165) is 13.1 Å². The molecule has 2 nitrogen and oxygen atoms in total. The van der Waals surface area contributed by atoms with Crippen LogP contribution in [0.1, 0.15) is 39.5 Å². The zero-order valence-corrected chi connectivity index (χ0v) is 10.0. The first-order valence-electron chi connectivity index (χ1n) is 6.10. The minimum Gasteiger partial charge on any atom is -0.181 e. The van der Waals surface area contributed by atoms with Gasteiger partial charge in [0.15, 0.2) is 12.4 Å². The van der Waals surface area contributed by atoms with Gasteiger partial charge in [0.25, 0.3) is 0 Å². The molecule has 0 aliphatic heterocycles. The summed E-state index contributed by atoms with van der Waals surface area (Å²) in [5, 5.41) is 2.42. The van der Waals surface area contributed by atoms with Crippen molar-refractivity contribution in [1.82, 2.24) is 0 Å². The third-order valence-corrected chi connectivity index (χ3v) is 2.57. The van der Waals surface area contributed by atoms with Crippen molar-refractivity contribution in [3.8, 4) is 0 Å². The molecule has 0 aliphatic carbocycles. The molecule has 0 atom stereocenters. The van der Waals surface area contributed by atoms with Gasteiger partial charge in [0.1, 0.15) is 0 Å². The van der Waals surface area contributed by atoms with E-state index < -0.39 is 0 Å². The molecule has 0 saturated carbocycles. The lowest BCUT2D eigenvalue weighted by molar-refractivity contribution is -0.693. The van der Waals surface area contributed by atoms with Gasteiger partial charge >= 0.3 is 0 Å². The highest BCUT2D eigenvalue weighted by atomic mass is 15.5. The summed E-state index contributed by atoms with van der Waals surface area (Å²) in [6, 6.07) is 6.24. The molecule has 2 heteroatoms. The molecule has 0 radical (unpaired) electrons. The van der Waals surface area contributed by atoms with Crippen LogP contribution in [0, 0.1) is 0 Å². The fraction of sp³-hybridized carbons (Fsp3) is 0.615. The minimum absolute atomic E-state index is 1.16. The molecule has 15 heavy (non-hydrogen) atoms. The second-order valence-electron chi connectivity index (χ2n) is 3.92. The Balaban J connectivity index is 2.55. The average Bonchev–Trinajstić information content (AvgIpc) is 2.30. The van der Waals surface area contributed by atoms with Crippen molar-refractivity contribution in [3.05, 3.63) is 30.6 Å². The fourth-order valence-electron chi connectivity index (χ4n) is 1.60. The summed E-state index contributed by atoms with van der Waals surface area (Å²) in [5.41, 5.74) is 0. The predicted molar refractivity (Wildman–Crippen MR) is 64.4 cm³/mol. The van der Waals surface area contributed by atoms with Crippen LogP contribution in [-0.4, -0.2) is 13.1 Å². The highest BCUT2D eigenvalue weighted by Crippen LogP contribution is 1.94. The molecule has 84 valence electrons. The lowest BCUT2D eigenvalue weighted by atomic mass is 10.3. The van der Waals surface area contributed by atoms with Crippen molar-refractivity contribution in [2.45, 2.75) is 39.5 Å². The Morgan fingerprint density at radius 1 is 0.867 bits per heavy atom. The molecule has 1 aromatic rings. The van der Waals surface area contributed by atoms with E-state index in [1.807, 2.05) is 0 Å². The van der Waals surface area contributed by atoms with Crippen molar-refractivity contribution >= 4 is 0 Å². The van der Waals surface area contributed by atoms with Gasteiger partial charge in [-0.2, -0.15) is 5.01 Å². The van der Waals surface area contributed by atoms with Gasteiger partial charge in [0, 0.05) is 12.1 Å². The maximum absolute atomic E-state index is 2.42. The standard InChI is InChI=1S/C13H23N2/c1-3-5-10-14(11-6-4-2)15-12-8-7-9-13-15/h7-9,12-13H,3-6,10-11H2,1-2H3/q+1. The lowest BCUT2D eigenvalue weighted by Crippen LogP contribution is -2.58. The molecule has 1 heterocycles. The molecule has 0 fully saturated rings. The van der Waals surface area contributed by atoms with Crippen LogP contribution in [0.3, 0.4) is 0 Å². The summed E-state index contributed by atoms with van der Waals surface area (Å²) in [5.74, 6) is 0. The Kier molecular flexibility index (Phi) is 5.83. The highest BCUT2D eigenvalue weighted by Gasteiger charge is 2.10. The van der Waals surface area contributed by atoms with Gasteiger partial charge in [-0.25, -0.2) is 0 Å². The third-order valence-electron chi connectivity index (χ3n) is 2.57. The maximum Gasteiger partial charge on any atom is 0.199 e. The number of nitrogens with zero attached hydrogens (tertiary/aromatic N) is 2. The summed E-state index contributed by atoms with van der Waals surface area (Å²) in [6.45, 7) is 6.80. The average molecular weight is 207 g/mol. The van der Waals surface area contributed by atoms with Crippen LogP contribution in [0.25, 0.3) is 0 Å². The van der Waals surface area contributed by atoms with Crippen molar-refractivity contribution in [2.24, 2.45) is 0 Å². The number of hydrogen-bond acceptors (Lipinski definition) is 1. The minimum atomic E-state index is 1.16. The van der Waals surface area contributed by atoms with Gasteiger partial charge in [-0.3, -0.25) is 0 Å². The number of hydrogen-bond donors (Lipinski definition) is 0. The van der Waals surface area contributed by atoms with Crippen molar-refractivity contribution in [1.29, 1.82) is 0 Å². The predicted octanol–water partition coefficient (Wildman–Crippen LogP) is 2.51. The largest absolute Gasteiger partial charge is 0.199 e. The number of rotatable bonds is 7. The summed E-state index contributed by atoms with van der Waals surface area (Å²) in [4.78, 5) is 0. The zero-order chi connectivity index (χ0) is 10.9. The molecule has 0 amide bonds. The van der Waals surface area contributed by atoms with E-state index in [1.165, 1.54) is 25.7 Å². The fourth-order valence-corrected chi connectivity index (χ4v) is 1.60. The number of aromatic nitrogens is 1. The topological polar surface area (TPSA) is 7.12 Å². The first-order valence-corrected chi connectivity index (χ1v) is 6.10. The molecular formula is C13H23N2+. The molecular weight excluding hydrogens is 184 g/mol. The smallest absolute Gasteiger partial charge is 0.181 e. The number of pyridine rings is 1. The monoisotopic (exact) mass is 207 g/mol. The number of unbranched alkanes of at least 4 members (excludes halogenated alkanes) is 2. The first-order chi connectivity index (χ1) is 7.38. The van der Waals surface area contributed by atoms with E-state index in [-0.39, 0.29) is 0 Å². The van der Waals surface area contributed by atoms with Gasteiger partial charge in [0.05, 0.1) is 13.1 Å². The van der Waals surface area contributed by atoms with Crippen LogP contribution in [0.2, 0.25) is 0 Å². The Morgan fingerprint density at radius 3 is 1.87 bits per heavy atom. The van der Waals surface area contributed by atoms with E-state index in [1.54, 1.807) is 0 Å². The van der Waals surface area contributed by atoms with Crippen LogP contribution in [0.15, 0.2) is 30.6 Å². The lowest BCUT2D eigenvalue weighted by Gasteiger charge is -2.16. The molecule has 0 spiro atoms. The van der Waals surface area contributed by atoms with E-state index >= 15 is 0 Å². The Labute approximate surface area is 93.5 Å². The first kappa shape index (κ1) is 12.0. The van der Waals surface area contributed by atoms with E-state index in [0.29, 0.717) is 0 Å². The van der Waals surface area contributed by atoms with Crippen molar-refractivity contribution in [2.75, 3.05) is 18.1 Å². The second-order valence-corrected chi connectivity index (χ2v) is 3.92.